The normalized spacial score (nSPS) is 11.5. The van der Waals surface area contributed by atoms with E-state index in [1.54, 1.807) is 0 Å². The van der Waals surface area contributed by atoms with Gasteiger partial charge in [0.2, 0.25) is 0 Å². The van der Waals surface area contributed by atoms with Gasteiger partial charge in [-0.05, 0) is 40.5 Å². The number of nitrogens with zero attached hydrogens (tertiary/aromatic N) is 2. The lowest BCUT2D eigenvalue weighted by Crippen LogP contribution is -2.18. The fourth-order valence-electron chi connectivity index (χ4n) is 2.07. The van der Waals surface area contributed by atoms with Gasteiger partial charge in [0.05, 0.1) is 17.1 Å². The minimum atomic E-state index is 0.427. The van der Waals surface area contributed by atoms with E-state index in [1.165, 1.54) is 11.4 Å². The maximum absolute atomic E-state index is 4.59. The Labute approximate surface area is 99.2 Å². The van der Waals surface area contributed by atoms with Gasteiger partial charge in [0.25, 0.3) is 0 Å². The molecule has 0 fully saturated rings. The van der Waals surface area contributed by atoms with Gasteiger partial charge in [0.15, 0.2) is 0 Å². The second-order valence-electron chi connectivity index (χ2n) is 4.74. The van der Waals surface area contributed by atoms with E-state index in [2.05, 4.69) is 56.6 Å². The summed E-state index contributed by atoms with van der Waals surface area (Å²) < 4.78 is 2.10. The molecule has 1 heterocycles. The van der Waals surface area contributed by atoms with Crippen molar-refractivity contribution in [2.45, 2.75) is 66.5 Å². The van der Waals surface area contributed by atoms with Crippen LogP contribution in [0.1, 0.15) is 58.0 Å². The molecule has 1 aromatic rings. The zero-order valence-corrected chi connectivity index (χ0v) is 11.5. The molecular weight excluding hydrogens is 198 g/mol. The van der Waals surface area contributed by atoms with E-state index in [0.29, 0.717) is 12.1 Å². The van der Waals surface area contributed by atoms with Crippen molar-refractivity contribution in [1.29, 1.82) is 0 Å². The van der Waals surface area contributed by atoms with Crippen LogP contribution in [0.25, 0.3) is 0 Å². The molecule has 0 amide bonds. The maximum Gasteiger partial charge on any atom is 0.0828 e. The average Bonchev–Trinajstić information content (AvgIpc) is 2.52. The third-order valence-electron chi connectivity index (χ3n) is 3.15. The quantitative estimate of drug-likeness (QED) is 0.825. The third-order valence-corrected chi connectivity index (χ3v) is 3.15. The Hall–Kier alpha value is -0.990. The molecule has 0 unspecified atom stereocenters. The van der Waals surface area contributed by atoms with Gasteiger partial charge in [-0.25, -0.2) is 0 Å². The molecule has 92 valence electrons. The van der Waals surface area contributed by atoms with E-state index in [0.717, 1.165) is 18.5 Å². The molecule has 1 aromatic heterocycles. The number of aryl methyl sites for hydroxylation is 1. The van der Waals surface area contributed by atoms with Crippen LogP contribution in [0.4, 0.5) is 5.69 Å². The van der Waals surface area contributed by atoms with Crippen molar-refractivity contribution in [3.8, 4) is 0 Å². The lowest BCUT2D eigenvalue weighted by molar-refractivity contribution is 0.516. The minimum Gasteiger partial charge on any atom is -0.379 e. The fraction of sp³-hybridized carbons (Fsp3) is 0.769. The summed E-state index contributed by atoms with van der Waals surface area (Å²) in [6.07, 6.45) is 2.31. The summed E-state index contributed by atoms with van der Waals surface area (Å²) in [6.45, 7) is 13.0. The molecule has 0 aliphatic heterocycles. The Balaban J connectivity index is 2.96. The summed E-state index contributed by atoms with van der Waals surface area (Å²) in [5.41, 5.74) is 3.58. The lowest BCUT2D eigenvalue weighted by Gasteiger charge is -2.17. The van der Waals surface area contributed by atoms with E-state index in [-0.39, 0.29) is 0 Å². The van der Waals surface area contributed by atoms with Crippen molar-refractivity contribution in [3.05, 3.63) is 11.4 Å². The first-order valence-corrected chi connectivity index (χ1v) is 6.33. The molecule has 0 saturated heterocycles. The molecule has 16 heavy (non-hydrogen) atoms. The van der Waals surface area contributed by atoms with E-state index < -0.39 is 0 Å². The van der Waals surface area contributed by atoms with Crippen LogP contribution in [0.3, 0.4) is 0 Å². The molecule has 0 aliphatic rings. The molecule has 1 rings (SSSR count). The molecule has 0 spiro atoms. The van der Waals surface area contributed by atoms with Gasteiger partial charge in [-0.3, -0.25) is 4.68 Å². The highest BCUT2D eigenvalue weighted by atomic mass is 15.3. The van der Waals surface area contributed by atoms with Crippen molar-refractivity contribution >= 4 is 5.69 Å². The highest BCUT2D eigenvalue weighted by Gasteiger charge is 2.15. The van der Waals surface area contributed by atoms with Crippen LogP contribution in [0.2, 0.25) is 0 Å². The van der Waals surface area contributed by atoms with E-state index >= 15 is 0 Å². The van der Waals surface area contributed by atoms with Crippen molar-refractivity contribution in [2.24, 2.45) is 0 Å². The first kappa shape index (κ1) is 13.1. The van der Waals surface area contributed by atoms with Crippen molar-refractivity contribution in [1.82, 2.24) is 9.78 Å². The Kier molecular flexibility index (Phi) is 4.39. The van der Waals surface area contributed by atoms with Crippen LogP contribution in [0.5, 0.6) is 0 Å². The summed E-state index contributed by atoms with van der Waals surface area (Å²) >= 11 is 0. The Morgan fingerprint density at radius 2 is 1.75 bits per heavy atom. The summed E-state index contributed by atoms with van der Waals surface area (Å²) in [6, 6.07) is 0.984. The van der Waals surface area contributed by atoms with Crippen molar-refractivity contribution in [3.63, 3.8) is 0 Å². The second kappa shape index (κ2) is 5.37. The number of hydrogen-bond donors (Lipinski definition) is 1. The van der Waals surface area contributed by atoms with Gasteiger partial charge in [-0.2, -0.15) is 5.10 Å². The van der Waals surface area contributed by atoms with Crippen LogP contribution in [0.15, 0.2) is 0 Å². The first-order chi connectivity index (χ1) is 7.51. The molecule has 0 atom stereocenters. The summed E-state index contributed by atoms with van der Waals surface area (Å²) in [4.78, 5) is 0. The molecule has 3 nitrogen and oxygen atoms in total. The van der Waals surface area contributed by atoms with Crippen molar-refractivity contribution < 1.29 is 0 Å². The SMILES string of the molecule is CCC(CC)Nc1c(C)nn(C(C)C)c1C. The van der Waals surface area contributed by atoms with E-state index in [4.69, 9.17) is 0 Å². The molecule has 1 N–H and O–H groups in total. The third kappa shape index (κ3) is 2.57. The molecule has 0 aliphatic carbocycles. The number of aromatic nitrogens is 2. The van der Waals surface area contributed by atoms with Crippen LogP contribution >= 0.6 is 0 Å². The fourth-order valence-corrected chi connectivity index (χ4v) is 2.07. The summed E-state index contributed by atoms with van der Waals surface area (Å²) in [5.74, 6) is 0. The standard InChI is InChI=1S/C13H25N3/c1-7-12(8-2)14-13-10(5)15-16(9(3)4)11(13)6/h9,12,14H,7-8H2,1-6H3. The van der Waals surface area contributed by atoms with Gasteiger partial charge in [-0.15, -0.1) is 0 Å². The summed E-state index contributed by atoms with van der Waals surface area (Å²) in [7, 11) is 0. The van der Waals surface area contributed by atoms with Crippen molar-refractivity contribution in [2.75, 3.05) is 5.32 Å². The number of nitrogens with one attached hydrogen (secondary N) is 1. The maximum atomic E-state index is 4.59. The molecule has 0 radical (unpaired) electrons. The first-order valence-electron chi connectivity index (χ1n) is 6.33. The van der Waals surface area contributed by atoms with Crippen LogP contribution in [-0.4, -0.2) is 15.8 Å². The molecule has 0 saturated carbocycles. The van der Waals surface area contributed by atoms with E-state index in [1.807, 2.05) is 0 Å². The zero-order valence-electron chi connectivity index (χ0n) is 11.5. The van der Waals surface area contributed by atoms with Crippen LogP contribution < -0.4 is 5.32 Å². The highest BCUT2D eigenvalue weighted by molar-refractivity contribution is 5.52. The zero-order chi connectivity index (χ0) is 12.3. The van der Waals surface area contributed by atoms with Crippen LogP contribution in [0, 0.1) is 13.8 Å². The van der Waals surface area contributed by atoms with Gasteiger partial charge in [0, 0.05) is 12.1 Å². The number of anilines is 1. The second-order valence-corrected chi connectivity index (χ2v) is 4.74. The topological polar surface area (TPSA) is 29.9 Å². The molecule has 3 heteroatoms. The number of rotatable bonds is 5. The van der Waals surface area contributed by atoms with Gasteiger partial charge in [-0.1, -0.05) is 13.8 Å². The van der Waals surface area contributed by atoms with Crippen LogP contribution in [-0.2, 0) is 0 Å². The van der Waals surface area contributed by atoms with Gasteiger partial charge in [0.1, 0.15) is 0 Å². The summed E-state index contributed by atoms with van der Waals surface area (Å²) in [5, 5.41) is 8.19. The van der Waals surface area contributed by atoms with Gasteiger partial charge < -0.3 is 5.32 Å². The highest BCUT2D eigenvalue weighted by Crippen LogP contribution is 2.24. The molecule has 0 aromatic carbocycles. The van der Waals surface area contributed by atoms with Gasteiger partial charge >= 0.3 is 0 Å². The minimum absolute atomic E-state index is 0.427. The Morgan fingerprint density at radius 3 is 2.12 bits per heavy atom. The lowest BCUT2D eigenvalue weighted by atomic mass is 10.1. The monoisotopic (exact) mass is 223 g/mol. The molecule has 0 bridgehead atoms. The smallest absolute Gasteiger partial charge is 0.0828 e. The number of hydrogen-bond acceptors (Lipinski definition) is 2. The average molecular weight is 223 g/mol. The molecular formula is C13H25N3. The predicted octanol–water partition coefficient (Wildman–Crippen LogP) is 3.68. The Morgan fingerprint density at radius 1 is 1.19 bits per heavy atom. The van der Waals surface area contributed by atoms with E-state index in [9.17, 15) is 0 Å². The Bertz CT molecular complexity index is 335. The predicted molar refractivity (Wildman–Crippen MR) is 70.1 cm³/mol. The largest absolute Gasteiger partial charge is 0.379 e.